The molecule has 0 saturated carbocycles. The Kier molecular flexibility index (Phi) is 4.85. The maximum absolute atomic E-state index is 13.3. The maximum Gasteiger partial charge on any atom is 0.254 e. The van der Waals surface area contributed by atoms with Gasteiger partial charge < -0.3 is 4.90 Å². The summed E-state index contributed by atoms with van der Waals surface area (Å²) < 4.78 is 1.70. The zero-order valence-corrected chi connectivity index (χ0v) is 15.9. The molecule has 0 aliphatic heterocycles. The van der Waals surface area contributed by atoms with Crippen molar-refractivity contribution >= 4 is 16.9 Å². The second kappa shape index (κ2) is 7.60. The van der Waals surface area contributed by atoms with Crippen LogP contribution in [0, 0.1) is 6.92 Å². The fourth-order valence-corrected chi connectivity index (χ4v) is 3.27. The molecule has 0 unspecified atom stereocenters. The van der Waals surface area contributed by atoms with Crippen LogP contribution >= 0.6 is 0 Å². The Balaban J connectivity index is 1.66. The van der Waals surface area contributed by atoms with Crippen LogP contribution in [-0.4, -0.2) is 30.8 Å². The number of carbonyl (C=O) groups excluding carboxylic acids is 1. The summed E-state index contributed by atoms with van der Waals surface area (Å²) >= 11 is 0. The van der Waals surface area contributed by atoms with E-state index < -0.39 is 0 Å². The van der Waals surface area contributed by atoms with Crippen molar-refractivity contribution in [2.45, 2.75) is 20.0 Å². The van der Waals surface area contributed by atoms with Crippen molar-refractivity contribution in [3.8, 4) is 0 Å². The summed E-state index contributed by atoms with van der Waals surface area (Å²) in [6.45, 7) is 3.00. The quantitative estimate of drug-likeness (QED) is 0.538. The Morgan fingerprint density at radius 3 is 2.71 bits per heavy atom. The second-order valence-corrected chi connectivity index (χ2v) is 6.89. The first-order valence-electron chi connectivity index (χ1n) is 9.14. The molecule has 0 saturated heterocycles. The molecule has 6 heteroatoms. The molecule has 0 atom stereocenters. The molecular formula is C22H21N5O. The summed E-state index contributed by atoms with van der Waals surface area (Å²) in [5.41, 5.74) is 5.31. The molecule has 0 spiro atoms. The number of hydrogen-bond acceptors (Lipinski definition) is 4. The van der Waals surface area contributed by atoms with Gasteiger partial charge in [0, 0.05) is 25.4 Å². The van der Waals surface area contributed by atoms with Crippen LogP contribution in [0.5, 0.6) is 0 Å². The lowest BCUT2D eigenvalue weighted by Crippen LogP contribution is -2.30. The molecule has 2 aromatic carbocycles. The van der Waals surface area contributed by atoms with Gasteiger partial charge in [-0.2, -0.15) is 0 Å². The van der Waals surface area contributed by atoms with Gasteiger partial charge in [0.05, 0.1) is 17.8 Å². The van der Waals surface area contributed by atoms with Crippen LogP contribution in [0.15, 0.2) is 66.9 Å². The SMILES string of the molecule is Cc1cccc(CN(Cc2ccccn2)C(=O)c2ccc3c(c2)nnn3C)c1. The highest BCUT2D eigenvalue weighted by Crippen LogP contribution is 2.18. The van der Waals surface area contributed by atoms with Crippen molar-refractivity contribution in [3.63, 3.8) is 0 Å². The van der Waals surface area contributed by atoms with Crippen LogP contribution < -0.4 is 0 Å². The number of benzene rings is 2. The fraction of sp³-hybridized carbons (Fsp3) is 0.182. The first-order valence-corrected chi connectivity index (χ1v) is 9.14. The summed E-state index contributed by atoms with van der Waals surface area (Å²) in [5.74, 6) is -0.0558. The number of aromatic nitrogens is 4. The van der Waals surface area contributed by atoms with Crippen molar-refractivity contribution in [1.82, 2.24) is 24.9 Å². The smallest absolute Gasteiger partial charge is 0.254 e. The van der Waals surface area contributed by atoms with Crippen molar-refractivity contribution in [2.24, 2.45) is 7.05 Å². The van der Waals surface area contributed by atoms with Gasteiger partial charge in [-0.1, -0.05) is 41.1 Å². The number of carbonyl (C=O) groups is 1. The van der Waals surface area contributed by atoms with Crippen LogP contribution in [0.1, 0.15) is 27.2 Å². The number of pyridine rings is 1. The second-order valence-electron chi connectivity index (χ2n) is 6.89. The number of aryl methyl sites for hydroxylation is 2. The van der Waals surface area contributed by atoms with Gasteiger partial charge in [-0.3, -0.25) is 9.78 Å². The van der Waals surface area contributed by atoms with E-state index in [1.807, 2.05) is 54.4 Å². The lowest BCUT2D eigenvalue weighted by molar-refractivity contribution is 0.0728. The van der Waals surface area contributed by atoms with E-state index in [0.717, 1.165) is 16.8 Å². The Morgan fingerprint density at radius 1 is 1.04 bits per heavy atom. The van der Waals surface area contributed by atoms with Gasteiger partial charge >= 0.3 is 0 Å². The molecule has 0 radical (unpaired) electrons. The highest BCUT2D eigenvalue weighted by molar-refractivity contribution is 5.97. The van der Waals surface area contributed by atoms with Crippen molar-refractivity contribution in [2.75, 3.05) is 0 Å². The monoisotopic (exact) mass is 371 g/mol. The van der Waals surface area contributed by atoms with E-state index in [9.17, 15) is 4.79 Å². The van der Waals surface area contributed by atoms with Gasteiger partial charge in [0.25, 0.3) is 5.91 Å². The topological polar surface area (TPSA) is 63.9 Å². The number of rotatable bonds is 5. The van der Waals surface area contributed by atoms with E-state index in [1.165, 1.54) is 5.56 Å². The third-order valence-electron chi connectivity index (χ3n) is 4.68. The van der Waals surface area contributed by atoms with Gasteiger partial charge in [-0.25, -0.2) is 4.68 Å². The Labute approximate surface area is 163 Å². The molecule has 4 aromatic rings. The molecule has 4 rings (SSSR count). The molecule has 1 amide bonds. The molecule has 0 aliphatic carbocycles. The lowest BCUT2D eigenvalue weighted by atomic mass is 10.1. The highest BCUT2D eigenvalue weighted by atomic mass is 16.2. The minimum absolute atomic E-state index is 0.0558. The predicted molar refractivity (Wildman–Crippen MR) is 108 cm³/mol. The van der Waals surface area contributed by atoms with E-state index in [1.54, 1.807) is 16.9 Å². The van der Waals surface area contributed by atoms with Crippen molar-refractivity contribution < 1.29 is 4.79 Å². The number of hydrogen-bond donors (Lipinski definition) is 0. The Hall–Kier alpha value is -3.54. The van der Waals surface area contributed by atoms with Crippen molar-refractivity contribution in [1.29, 1.82) is 0 Å². The molecule has 2 aromatic heterocycles. The van der Waals surface area contributed by atoms with E-state index in [4.69, 9.17) is 0 Å². The molecule has 2 heterocycles. The van der Waals surface area contributed by atoms with Crippen LogP contribution in [0.4, 0.5) is 0 Å². The first kappa shape index (κ1) is 17.9. The summed E-state index contributed by atoms with van der Waals surface area (Å²) in [6, 6.07) is 19.5. The lowest BCUT2D eigenvalue weighted by Gasteiger charge is -2.23. The normalized spacial score (nSPS) is 10.9. The minimum atomic E-state index is -0.0558. The zero-order chi connectivity index (χ0) is 19.5. The first-order chi connectivity index (χ1) is 13.6. The standard InChI is InChI=1S/C22H21N5O/c1-16-6-5-7-17(12-16)14-27(15-19-8-3-4-11-23-19)22(28)18-9-10-21-20(13-18)24-25-26(21)2/h3-13H,14-15H2,1-2H3. The van der Waals surface area contributed by atoms with Crippen molar-refractivity contribution in [3.05, 3.63) is 89.2 Å². The predicted octanol–water partition coefficient (Wildman–Crippen LogP) is 3.51. The molecule has 140 valence electrons. The van der Waals surface area contributed by atoms with Gasteiger partial charge in [0.1, 0.15) is 5.52 Å². The maximum atomic E-state index is 13.3. The number of fused-ring (bicyclic) bond motifs is 1. The van der Waals surface area contributed by atoms with E-state index in [0.29, 0.717) is 24.2 Å². The van der Waals surface area contributed by atoms with E-state index in [-0.39, 0.29) is 5.91 Å². The summed E-state index contributed by atoms with van der Waals surface area (Å²) in [5, 5.41) is 8.15. The molecule has 0 fully saturated rings. The fourth-order valence-electron chi connectivity index (χ4n) is 3.27. The molecule has 28 heavy (non-hydrogen) atoms. The molecule has 6 nitrogen and oxygen atoms in total. The Bertz CT molecular complexity index is 1120. The zero-order valence-electron chi connectivity index (χ0n) is 15.9. The van der Waals surface area contributed by atoms with Crippen LogP contribution in [0.2, 0.25) is 0 Å². The Morgan fingerprint density at radius 2 is 1.93 bits per heavy atom. The number of amides is 1. The largest absolute Gasteiger partial charge is 0.328 e. The summed E-state index contributed by atoms with van der Waals surface area (Å²) in [4.78, 5) is 19.5. The van der Waals surface area contributed by atoms with Crippen LogP contribution in [0.3, 0.4) is 0 Å². The van der Waals surface area contributed by atoms with Crippen LogP contribution in [0.25, 0.3) is 11.0 Å². The number of nitrogens with zero attached hydrogens (tertiary/aromatic N) is 5. The third kappa shape index (κ3) is 3.76. The highest BCUT2D eigenvalue weighted by Gasteiger charge is 2.18. The summed E-state index contributed by atoms with van der Waals surface area (Å²) in [6.07, 6.45) is 1.75. The average molecular weight is 371 g/mol. The molecule has 0 aliphatic rings. The van der Waals surface area contributed by atoms with Gasteiger partial charge in [0.15, 0.2) is 0 Å². The van der Waals surface area contributed by atoms with E-state index in [2.05, 4.69) is 34.4 Å². The summed E-state index contributed by atoms with van der Waals surface area (Å²) in [7, 11) is 1.84. The van der Waals surface area contributed by atoms with Gasteiger partial charge in [-0.05, 0) is 42.8 Å². The van der Waals surface area contributed by atoms with Gasteiger partial charge in [-0.15, -0.1) is 5.10 Å². The minimum Gasteiger partial charge on any atom is -0.328 e. The third-order valence-corrected chi connectivity index (χ3v) is 4.68. The molecule has 0 N–H and O–H groups in total. The molecule has 0 bridgehead atoms. The van der Waals surface area contributed by atoms with Gasteiger partial charge in [0.2, 0.25) is 0 Å². The molecular weight excluding hydrogens is 350 g/mol. The average Bonchev–Trinajstić information content (AvgIpc) is 3.08. The van der Waals surface area contributed by atoms with Crippen LogP contribution in [-0.2, 0) is 20.1 Å². The van der Waals surface area contributed by atoms with E-state index >= 15 is 0 Å².